The van der Waals surface area contributed by atoms with Gasteiger partial charge in [-0.1, -0.05) is 23.9 Å². The van der Waals surface area contributed by atoms with Crippen LogP contribution in [0.3, 0.4) is 0 Å². The molecule has 1 fully saturated rings. The molecule has 9 nitrogen and oxygen atoms in total. The summed E-state index contributed by atoms with van der Waals surface area (Å²) in [5.41, 5.74) is 8.49. The number of carbonyl (C=O) groups excluding carboxylic acids is 1. The summed E-state index contributed by atoms with van der Waals surface area (Å²) in [5.74, 6) is 0.254. The van der Waals surface area contributed by atoms with Gasteiger partial charge in [-0.3, -0.25) is 19.8 Å². The van der Waals surface area contributed by atoms with Crippen LogP contribution in [0.1, 0.15) is 5.56 Å². The van der Waals surface area contributed by atoms with Crippen molar-refractivity contribution in [2.24, 2.45) is 10.8 Å². The Labute approximate surface area is 166 Å². The standard InChI is InChI=1S/C16H22N6O3S2/c1-19-6-8-20(9-7-19)14(15(17)23)16-21(18-11-26-16)27-10-12-2-4-13(5-3-12)22(24)25/h2-5,11,14,16H,6-10H2,1H3,(H2,17,23). The number of primary amides is 1. The van der Waals surface area contributed by atoms with E-state index in [4.69, 9.17) is 5.73 Å². The van der Waals surface area contributed by atoms with E-state index < -0.39 is 11.0 Å². The zero-order valence-corrected chi connectivity index (χ0v) is 16.6. The third kappa shape index (κ3) is 4.92. The van der Waals surface area contributed by atoms with Gasteiger partial charge < -0.3 is 10.6 Å². The van der Waals surface area contributed by atoms with Crippen LogP contribution in [0.5, 0.6) is 0 Å². The number of thioether (sulfide) groups is 1. The molecule has 1 aromatic rings. The van der Waals surface area contributed by atoms with Gasteiger partial charge in [0.25, 0.3) is 5.69 Å². The minimum absolute atomic E-state index is 0.0697. The van der Waals surface area contributed by atoms with Gasteiger partial charge >= 0.3 is 0 Å². The number of hydrogen-bond donors (Lipinski definition) is 1. The summed E-state index contributed by atoms with van der Waals surface area (Å²) in [6.07, 6.45) is 0. The SMILES string of the molecule is CN1CCN(C(C(N)=O)C2SC=NN2SCc2ccc([N+](=O)[O-])cc2)CC1. The van der Waals surface area contributed by atoms with Crippen LogP contribution in [-0.4, -0.2) is 75.2 Å². The van der Waals surface area contributed by atoms with Gasteiger partial charge in [-0.2, -0.15) is 5.10 Å². The lowest BCUT2D eigenvalue weighted by molar-refractivity contribution is -0.384. The molecule has 0 aromatic heterocycles. The number of nitrogens with zero attached hydrogens (tertiary/aromatic N) is 5. The van der Waals surface area contributed by atoms with E-state index in [1.807, 2.05) is 4.41 Å². The predicted molar refractivity (Wildman–Crippen MR) is 108 cm³/mol. The fourth-order valence-electron chi connectivity index (χ4n) is 3.01. The topological polar surface area (TPSA) is 108 Å². The van der Waals surface area contributed by atoms with Gasteiger partial charge in [0.15, 0.2) is 0 Å². The second kappa shape index (κ2) is 8.91. The Morgan fingerprint density at radius 1 is 1.37 bits per heavy atom. The van der Waals surface area contributed by atoms with Crippen LogP contribution in [0.15, 0.2) is 29.4 Å². The largest absolute Gasteiger partial charge is 0.368 e. The van der Waals surface area contributed by atoms with Crippen molar-refractivity contribution in [3.63, 3.8) is 0 Å². The molecule has 2 N–H and O–H groups in total. The molecule has 1 aromatic carbocycles. The minimum Gasteiger partial charge on any atom is -0.368 e. The maximum atomic E-state index is 12.2. The molecule has 3 rings (SSSR count). The Morgan fingerprint density at radius 3 is 2.63 bits per heavy atom. The third-order valence-corrected chi connectivity index (χ3v) is 6.72. The van der Waals surface area contributed by atoms with Crippen molar-refractivity contribution in [2.75, 3.05) is 33.2 Å². The van der Waals surface area contributed by atoms with Gasteiger partial charge in [-0.15, -0.1) is 0 Å². The van der Waals surface area contributed by atoms with Crippen LogP contribution >= 0.6 is 23.7 Å². The molecule has 2 aliphatic heterocycles. The number of carbonyl (C=O) groups is 1. The van der Waals surface area contributed by atoms with E-state index in [1.165, 1.54) is 35.8 Å². The summed E-state index contributed by atoms with van der Waals surface area (Å²) in [6, 6.07) is 6.03. The first-order valence-electron chi connectivity index (χ1n) is 8.51. The highest BCUT2D eigenvalue weighted by molar-refractivity contribution is 8.13. The number of nitro benzene ring substituents is 1. The zero-order valence-electron chi connectivity index (χ0n) is 14.9. The van der Waals surface area contributed by atoms with Crippen molar-refractivity contribution in [1.82, 2.24) is 14.2 Å². The van der Waals surface area contributed by atoms with Crippen LogP contribution in [0, 0.1) is 10.1 Å². The number of rotatable bonds is 7. The molecule has 1 amide bonds. The number of nitrogens with two attached hydrogens (primary N) is 1. The predicted octanol–water partition coefficient (Wildman–Crippen LogP) is 1.16. The van der Waals surface area contributed by atoms with Gasteiger partial charge in [0, 0.05) is 44.1 Å². The molecule has 0 bridgehead atoms. The second-order valence-electron chi connectivity index (χ2n) is 6.43. The number of nitro groups is 1. The molecular formula is C16H22N6O3S2. The molecule has 0 saturated carbocycles. The summed E-state index contributed by atoms with van der Waals surface area (Å²) in [6.45, 7) is 3.39. The molecule has 1 saturated heterocycles. The molecule has 2 unspecified atom stereocenters. The maximum Gasteiger partial charge on any atom is 0.269 e. The van der Waals surface area contributed by atoms with Gasteiger partial charge in [0.05, 0.1) is 10.5 Å². The van der Waals surface area contributed by atoms with Crippen LogP contribution in [-0.2, 0) is 10.5 Å². The molecule has 0 spiro atoms. The number of benzene rings is 1. The lowest BCUT2D eigenvalue weighted by Gasteiger charge is -2.39. The quantitative estimate of drug-likeness (QED) is 0.405. The monoisotopic (exact) mass is 410 g/mol. The van der Waals surface area contributed by atoms with Crippen molar-refractivity contribution in [1.29, 1.82) is 0 Å². The molecule has 2 heterocycles. The molecule has 146 valence electrons. The Bertz CT molecular complexity index is 709. The van der Waals surface area contributed by atoms with Crippen molar-refractivity contribution < 1.29 is 9.72 Å². The number of hydrogen-bond acceptors (Lipinski definition) is 9. The Kier molecular flexibility index (Phi) is 6.58. The average molecular weight is 411 g/mol. The smallest absolute Gasteiger partial charge is 0.269 e. The number of likely N-dealkylation sites (N-methyl/N-ethyl adjacent to an activating group) is 1. The molecule has 0 radical (unpaired) electrons. The Balaban J connectivity index is 1.63. The maximum absolute atomic E-state index is 12.2. The fraction of sp³-hybridized carbons (Fsp3) is 0.500. The van der Waals surface area contributed by atoms with E-state index in [0.29, 0.717) is 5.75 Å². The molecule has 0 aliphatic carbocycles. The highest BCUT2D eigenvalue weighted by Crippen LogP contribution is 2.34. The first kappa shape index (κ1) is 19.9. The summed E-state index contributed by atoms with van der Waals surface area (Å²) in [4.78, 5) is 26.9. The molecule has 27 heavy (non-hydrogen) atoms. The average Bonchev–Trinajstić information content (AvgIpc) is 3.10. The Hall–Kier alpha value is -1.82. The molecule has 11 heteroatoms. The van der Waals surface area contributed by atoms with Crippen LogP contribution in [0.25, 0.3) is 0 Å². The van der Waals surface area contributed by atoms with E-state index in [1.54, 1.807) is 17.7 Å². The Morgan fingerprint density at radius 2 is 2.04 bits per heavy atom. The summed E-state index contributed by atoms with van der Waals surface area (Å²) >= 11 is 2.96. The highest BCUT2D eigenvalue weighted by atomic mass is 32.2. The number of piperazine rings is 1. The van der Waals surface area contributed by atoms with E-state index in [0.717, 1.165) is 31.7 Å². The van der Waals surface area contributed by atoms with Crippen molar-refractivity contribution in [3.8, 4) is 0 Å². The molecular weight excluding hydrogens is 388 g/mol. The summed E-state index contributed by atoms with van der Waals surface area (Å²) in [5, 5.41) is 14.9. The normalized spacial score (nSPS) is 22.1. The third-order valence-electron chi connectivity index (χ3n) is 4.58. The second-order valence-corrected chi connectivity index (χ2v) is 8.32. The van der Waals surface area contributed by atoms with Crippen LogP contribution in [0.2, 0.25) is 0 Å². The van der Waals surface area contributed by atoms with Gasteiger partial charge in [-0.25, -0.2) is 4.41 Å². The van der Waals surface area contributed by atoms with Crippen LogP contribution in [0.4, 0.5) is 5.69 Å². The van der Waals surface area contributed by atoms with E-state index in [2.05, 4.69) is 21.9 Å². The van der Waals surface area contributed by atoms with E-state index in [9.17, 15) is 14.9 Å². The first-order valence-corrected chi connectivity index (χ1v) is 10.4. The lowest BCUT2D eigenvalue weighted by atomic mass is 10.2. The zero-order chi connectivity index (χ0) is 19.4. The fourth-order valence-corrected chi connectivity index (χ4v) is 5.15. The molecule has 2 atom stereocenters. The molecule has 2 aliphatic rings. The number of hydrazone groups is 1. The van der Waals surface area contributed by atoms with Gasteiger partial charge in [0.1, 0.15) is 11.4 Å². The summed E-state index contributed by atoms with van der Waals surface area (Å²) < 4.78 is 1.82. The number of amides is 1. The first-order chi connectivity index (χ1) is 13.0. The van der Waals surface area contributed by atoms with E-state index >= 15 is 0 Å². The van der Waals surface area contributed by atoms with Crippen LogP contribution < -0.4 is 5.73 Å². The minimum atomic E-state index is -0.421. The van der Waals surface area contributed by atoms with E-state index in [-0.39, 0.29) is 17.0 Å². The van der Waals surface area contributed by atoms with Crippen molar-refractivity contribution >= 4 is 40.9 Å². The highest BCUT2D eigenvalue weighted by Gasteiger charge is 2.39. The van der Waals surface area contributed by atoms with Crippen molar-refractivity contribution in [2.45, 2.75) is 17.2 Å². The van der Waals surface area contributed by atoms with Gasteiger partial charge in [-0.05, 0) is 24.6 Å². The summed E-state index contributed by atoms with van der Waals surface area (Å²) in [7, 11) is 2.07. The number of non-ortho nitro benzene ring substituents is 1. The lowest BCUT2D eigenvalue weighted by Crippen LogP contribution is -2.58. The van der Waals surface area contributed by atoms with Crippen molar-refractivity contribution in [3.05, 3.63) is 39.9 Å². The van der Waals surface area contributed by atoms with Gasteiger partial charge in [0.2, 0.25) is 5.91 Å².